The lowest BCUT2D eigenvalue weighted by atomic mass is 10.1. The molecule has 0 heterocycles. The standard InChI is InChI=1S/C11H21NO2S/c1-9(13)3-2-6-12-10(14)7-11(8-15)4-5-11/h9,13,15H,2-8H2,1H3,(H,12,14). The minimum Gasteiger partial charge on any atom is -0.393 e. The summed E-state index contributed by atoms with van der Waals surface area (Å²) in [5.74, 6) is 0.945. The van der Waals surface area contributed by atoms with Crippen LogP contribution in [0.3, 0.4) is 0 Å². The van der Waals surface area contributed by atoms with Crippen LogP contribution in [0.25, 0.3) is 0 Å². The predicted molar refractivity (Wildman–Crippen MR) is 64.1 cm³/mol. The van der Waals surface area contributed by atoms with Crippen LogP contribution >= 0.6 is 12.6 Å². The number of amides is 1. The molecule has 0 aromatic rings. The Bertz CT molecular complexity index is 215. The second-order valence-electron chi connectivity index (χ2n) is 4.68. The van der Waals surface area contributed by atoms with Crippen LogP contribution in [0.5, 0.6) is 0 Å². The Morgan fingerprint density at radius 2 is 2.27 bits per heavy atom. The van der Waals surface area contributed by atoms with E-state index < -0.39 is 0 Å². The molecule has 0 spiro atoms. The fourth-order valence-electron chi connectivity index (χ4n) is 1.60. The maximum atomic E-state index is 11.5. The van der Waals surface area contributed by atoms with Crippen LogP contribution in [-0.2, 0) is 4.79 Å². The predicted octanol–water partition coefficient (Wildman–Crippen LogP) is 1.36. The Labute approximate surface area is 97.0 Å². The van der Waals surface area contributed by atoms with Gasteiger partial charge < -0.3 is 10.4 Å². The van der Waals surface area contributed by atoms with Gasteiger partial charge in [0.1, 0.15) is 0 Å². The number of hydrogen-bond donors (Lipinski definition) is 3. The van der Waals surface area contributed by atoms with Gasteiger partial charge in [0.15, 0.2) is 0 Å². The van der Waals surface area contributed by atoms with Crippen LogP contribution in [-0.4, -0.2) is 29.4 Å². The lowest BCUT2D eigenvalue weighted by Crippen LogP contribution is -2.28. The molecule has 1 rings (SSSR count). The van der Waals surface area contributed by atoms with Crippen molar-refractivity contribution in [1.29, 1.82) is 0 Å². The molecule has 0 aromatic carbocycles. The summed E-state index contributed by atoms with van der Waals surface area (Å²) in [7, 11) is 0. The zero-order valence-electron chi connectivity index (χ0n) is 9.33. The molecular formula is C11H21NO2S. The van der Waals surface area contributed by atoms with Crippen molar-refractivity contribution in [3.05, 3.63) is 0 Å². The Morgan fingerprint density at radius 3 is 2.73 bits per heavy atom. The lowest BCUT2D eigenvalue weighted by Gasteiger charge is -2.11. The number of hydrogen-bond acceptors (Lipinski definition) is 3. The van der Waals surface area contributed by atoms with E-state index in [0.29, 0.717) is 13.0 Å². The van der Waals surface area contributed by atoms with E-state index in [-0.39, 0.29) is 17.4 Å². The number of carbonyl (C=O) groups is 1. The highest BCUT2D eigenvalue weighted by molar-refractivity contribution is 7.80. The van der Waals surface area contributed by atoms with Gasteiger partial charge in [-0.3, -0.25) is 4.79 Å². The van der Waals surface area contributed by atoms with Crippen molar-refractivity contribution in [2.75, 3.05) is 12.3 Å². The highest BCUT2D eigenvalue weighted by Crippen LogP contribution is 2.49. The van der Waals surface area contributed by atoms with E-state index in [9.17, 15) is 4.79 Å². The van der Waals surface area contributed by atoms with Crippen LogP contribution in [0.1, 0.15) is 39.0 Å². The summed E-state index contributed by atoms with van der Waals surface area (Å²) in [6.07, 6.45) is 4.21. The zero-order chi connectivity index (χ0) is 11.3. The maximum Gasteiger partial charge on any atom is 0.220 e. The molecule has 1 fully saturated rings. The SMILES string of the molecule is CC(O)CCCNC(=O)CC1(CS)CC1. The van der Waals surface area contributed by atoms with Crippen LogP contribution < -0.4 is 5.32 Å². The number of rotatable bonds is 7. The van der Waals surface area contributed by atoms with Crippen molar-refractivity contribution in [3.63, 3.8) is 0 Å². The Balaban J connectivity index is 2.04. The van der Waals surface area contributed by atoms with Crippen molar-refractivity contribution in [1.82, 2.24) is 5.32 Å². The first kappa shape index (κ1) is 12.8. The molecule has 4 heteroatoms. The van der Waals surface area contributed by atoms with E-state index >= 15 is 0 Å². The van der Waals surface area contributed by atoms with Gasteiger partial charge in [-0.1, -0.05) is 0 Å². The van der Waals surface area contributed by atoms with Crippen molar-refractivity contribution in [2.45, 2.75) is 45.1 Å². The molecule has 0 saturated heterocycles. The minimum atomic E-state index is -0.269. The van der Waals surface area contributed by atoms with Crippen molar-refractivity contribution >= 4 is 18.5 Å². The molecule has 3 nitrogen and oxygen atoms in total. The van der Waals surface area contributed by atoms with E-state index in [1.54, 1.807) is 6.92 Å². The van der Waals surface area contributed by atoms with E-state index in [1.807, 2.05) is 0 Å². The molecule has 1 unspecified atom stereocenters. The van der Waals surface area contributed by atoms with Gasteiger partial charge >= 0.3 is 0 Å². The average molecular weight is 231 g/mol. The van der Waals surface area contributed by atoms with Crippen LogP contribution in [0.4, 0.5) is 0 Å². The normalized spacial score (nSPS) is 19.7. The fraction of sp³-hybridized carbons (Fsp3) is 0.909. The monoisotopic (exact) mass is 231 g/mol. The molecule has 88 valence electrons. The van der Waals surface area contributed by atoms with Gasteiger partial charge in [-0.25, -0.2) is 0 Å². The highest BCUT2D eigenvalue weighted by atomic mass is 32.1. The Morgan fingerprint density at radius 1 is 1.60 bits per heavy atom. The number of nitrogens with one attached hydrogen (secondary N) is 1. The van der Waals surface area contributed by atoms with Gasteiger partial charge in [0, 0.05) is 13.0 Å². The minimum absolute atomic E-state index is 0.132. The van der Waals surface area contributed by atoms with E-state index in [1.165, 1.54) is 0 Å². The molecule has 15 heavy (non-hydrogen) atoms. The molecule has 0 aliphatic heterocycles. The van der Waals surface area contributed by atoms with E-state index in [0.717, 1.165) is 31.4 Å². The first-order valence-corrected chi connectivity index (χ1v) is 6.27. The quantitative estimate of drug-likeness (QED) is 0.458. The molecule has 1 aliphatic rings. The van der Waals surface area contributed by atoms with Crippen molar-refractivity contribution in [3.8, 4) is 0 Å². The van der Waals surface area contributed by atoms with Gasteiger partial charge in [-0.15, -0.1) is 0 Å². The van der Waals surface area contributed by atoms with Crippen molar-refractivity contribution < 1.29 is 9.90 Å². The molecule has 1 amide bonds. The molecule has 0 radical (unpaired) electrons. The number of thiol groups is 1. The average Bonchev–Trinajstić information content (AvgIpc) is 2.93. The van der Waals surface area contributed by atoms with Crippen molar-refractivity contribution in [2.24, 2.45) is 5.41 Å². The second kappa shape index (κ2) is 5.75. The topological polar surface area (TPSA) is 49.3 Å². The maximum absolute atomic E-state index is 11.5. The summed E-state index contributed by atoms with van der Waals surface area (Å²) in [5, 5.41) is 11.9. The molecule has 1 atom stereocenters. The first-order chi connectivity index (χ1) is 7.08. The third-order valence-corrected chi connectivity index (χ3v) is 3.62. The van der Waals surface area contributed by atoms with Crippen LogP contribution in [0.2, 0.25) is 0 Å². The summed E-state index contributed by atoms with van der Waals surface area (Å²) in [6, 6.07) is 0. The smallest absolute Gasteiger partial charge is 0.220 e. The largest absolute Gasteiger partial charge is 0.393 e. The van der Waals surface area contributed by atoms with E-state index in [4.69, 9.17) is 5.11 Å². The van der Waals surface area contributed by atoms with Gasteiger partial charge in [-0.05, 0) is 43.8 Å². The first-order valence-electron chi connectivity index (χ1n) is 5.64. The van der Waals surface area contributed by atoms with E-state index in [2.05, 4.69) is 17.9 Å². The lowest BCUT2D eigenvalue weighted by molar-refractivity contribution is -0.122. The summed E-state index contributed by atoms with van der Waals surface area (Å²) >= 11 is 4.26. The third kappa shape index (κ3) is 4.89. The molecule has 0 aromatic heterocycles. The number of aliphatic hydroxyl groups is 1. The van der Waals surface area contributed by atoms with Gasteiger partial charge in [-0.2, -0.15) is 12.6 Å². The summed E-state index contributed by atoms with van der Waals surface area (Å²) in [6.45, 7) is 2.44. The third-order valence-electron chi connectivity index (χ3n) is 2.95. The number of aliphatic hydroxyl groups excluding tert-OH is 1. The summed E-state index contributed by atoms with van der Waals surface area (Å²) < 4.78 is 0. The number of carbonyl (C=O) groups excluding carboxylic acids is 1. The summed E-state index contributed by atoms with van der Waals surface area (Å²) in [4.78, 5) is 11.5. The molecule has 1 saturated carbocycles. The highest BCUT2D eigenvalue weighted by Gasteiger charge is 2.42. The molecule has 0 bridgehead atoms. The molecule has 2 N–H and O–H groups in total. The molecule has 1 aliphatic carbocycles. The fourth-order valence-corrected chi connectivity index (χ4v) is 2.02. The van der Waals surface area contributed by atoms with Gasteiger partial charge in [0.25, 0.3) is 0 Å². The summed E-state index contributed by atoms with van der Waals surface area (Å²) in [5.41, 5.74) is 0.206. The Hall–Kier alpha value is -0.220. The Kier molecular flexibility index (Phi) is 4.93. The van der Waals surface area contributed by atoms with Crippen LogP contribution in [0.15, 0.2) is 0 Å². The zero-order valence-corrected chi connectivity index (χ0v) is 10.2. The van der Waals surface area contributed by atoms with Gasteiger partial charge in [0.05, 0.1) is 6.10 Å². The molecular weight excluding hydrogens is 210 g/mol. The van der Waals surface area contributed by atoms with Gasteiger partial charge in [0.2, 0.25) is 5.91 Å². The second-order valence-corrected chi connectivity index (χ2v) is 4.99. The van der Waals surface area contributed by atoms with Crippen LogP contribution in [0, 0.1) is 5.41 Å².